The second-order valence-electron chi connectivity index (χ2n) is 3.44. The zero-order valence-electron chi connectivity index (χ0n) is 7.77. The van der Waals surface area contributed by atoms with Crippen LogP contribution in [0.4, 0.5) is 0 Å². The van der Waals surface area contributed by atoms with Gasteiger partial charge in [0, 0.05) is 5.56 Å². The van der Waals surface area contributed by atoms with Crippen molar-refractivity contribution in [3.63, 3.8) is 0 Å². The van der Waals surface area contributed by atoms with Gasteiger partial charge in [-0.05, 0) is 36.6 Å². The van der Waals surface area contributed by atoms with Crippen LogP contribution in [-0.4, -0.2) is 19.9 Å². The van der Waals surface area contributed by atoms with Crippen molar-refractivity contribution in [1.82, 2.24) is 0 Å². The van der Waals surface area contributed by atoms with Crippen molar-refractivity contribution in [1.29, 1.82) is 0 Å². The van der Waals surface area contributed by atoms with Crippen molar-refractivity contribution < 1.29 is 13.6 Å². The molecule has 0 aliphatic heterocycles. The number of carbonyl (C=O) groups is 1. The third-order valence-corrected chi connectivity index (χ3v) is 3.57. The van der Waals surface area contributed by atoms with Crippen LogP contribution in [0.2, 0.25) is 0 Å². The molecule has 2 rings (SSSR count). The molecule has 0 spiro atoms. The maximum Gasteiger partial charge on any atom is 0.186 e. The predicted molar refractivity (Wildman–Crippen MR) is 57.8 cm³/mol. The molecule has 0 radical (unpaired) electrons. The lowest BCUT2D eigenvalue weighted by Crippen LogP contribution is -2.22. The third kappa shape index (κ3) is 1.97. The summed E-state index contributed by atoms with van der Waals surface area (Å²) >= 11 is 3.85. The van der Waals surface area contributed by atoms with Crippen LogP contribution in [0.3, 0.4) is 0 Å². The standard InChI is InChI=1S/C10H9ClO3S/c11-9-4-1-6-5-7(15(13)14)2-3-8(6)10(9)12/h2-3,5,9H,1,4H2,(H,13,14). The lowest BCUT2D eigenvalue weighted by atomic mass is 9.90. The monoisotopic (exact) mass is 244 g/mol. The highest BCUT2D eigenvalue weighted by Gasteiger charge is 2.25. The van der Waals surface area contributed by atoms with Crippen LogP contribution in [0, 0.1) is 0 Å². The van der Waals surface area contributed by atoms with Gasteiger partial charge < -0.3 is 4.55 Å². The molecule has 80 valence electrons. The summed E-state index contributed by atoms with van der Waals surface area (Å²) in [5.41, 5.74) is 1.40. The summed E-state index contributed by atoms with van der Waals surface area (Å²) in [6.07, 6.45) is 1.27. The van der Waals surface area contributed by atoms with E-state index in [1.807, 2.05) is 0 Å². The highest BCUT2D eigenvalue weighted by molar-refractivity contribution is 7.79. The van der Waals surface area contributed by atoms with E-state index in [0.29, 0.717) is 23.3 Å². The Morgan fingerprint density at radius 1 is 1.47 bits per heavy atom. The number of halogens is 1. The Kier molecular flexibility index (Phi) is 2.91. The van der Waals surface area contributed by atoms with Gasteiger partial charge in [-0.1, -0.05) is 0 Å². The molecule has 1 aromatic rings. The fourth-order valence-electron chi connectivity index (χ4n) is 1.71. The maximum atomic E-state index is 11.6. The molecule has 0 aromatic heterocycles. The number of Topliss-reactive ketones (excluding diaryl/α,β-unsaturated/α-hetero) is 1. The summed E-state index contributed by atoms with van der Waals surface area (Å²) in [6.45, 7) is 0. The van der Waals surface area contributed by atoms with Crippen LogP contribution >= 0.6 is 11.6 Å². The third-order valence-electron chi connectivity index (χ3n) is 2.50. The molecule has 15 heavy (non-hydrogen) atoms. The Balaban J connectivity index is 2.47. The van der Waals surface area contributed by atoms with Crippen LogP contribution in [0.1, 0.15) is 22.3 Å². The molecule has 2 unspecified atom stereocenters. The molecule has 0 amide bonds. The minimum atomic E-state index is -1.99. The van der Waals surface area contributed by atoms with Crippen molar-refractivity contribution in [3.05, 3.63) is 29.3 Å². The summed E-state index contributed by atoms with van der Waals surface area (Å²) in [5, 5.41) is -0.456. The molecule has 1 aliphatic rings. The Bertz CT molecular complexity index is 444. The Hall–Kier alpha value is -0.710. The lowest BCUT2D eigenvalue weighted by Gasteiger charge is -2.18. The number of aryl methyl sites for hydroxylation is 1. The molecule has 0 heterocycles. The Labute approximate surface area is 94.7 Å². The van der Waals surface area contributed by atoms with Gasteiger partial charge in [0.25, 0.3) is 0 Å². The molecule has 0 saturated carbocycles. The Morgan fingerprint density at radius 2 is 2.20 bits per heavy atom. The first kappa shape index (κ1) is 10.8. The number of fused-ring (bicyclic) bond motifs is 1. The predicted octanol–water partition coefficient (Wildman–Crippen LogP) is 2.00. The molecule has 3 nitrogen and oxygen atoms in total. The number of carbonyl (C=O) groups excluding carboxylic acids is 1. The van der Waals surface area contributed by atoms with E-state index in [-0.39, 0.29) is 5.78 Å². The summed E-state index contributed by atoms with van der Waals surface area (Å²) in [4.78, 5) is 12.0. The van der Waals surface area contributed by atoms with Gasteiger partial charge in [0.05, 0.1) is 10.3 Å². The van der Waals surface area contributed by atoms with Crippen LogP contribution in [0.5, 0.6) is 0 Å². The van der Waals surface area contributed by atoms with E-state index in [4.69, 9.17) is 16.2 Å². The van der Waals surface area contributed by atoms with E-state index in [2.05, 4.69) is 0 Å². The van der Waals surface area contributed by atoms with Crippen LogP contribution in [0.25, 0.3) is 0 Å². The average molecular weight is 245 g/mol. The van der Waals surface area contributed by atoms with Crippen molar-refractivity contribution in [2.45, 2.75) is 23.1 Å². The average Bonchev–Trinajstić information content (AvgIpc) is 2.23. The highest BCUT2D eigenvalue weighted by Crippen LogP contribution is 2.26. The van der Waals surface area contributed by atoms with E-state index in [0.717, 1.165) is 5.56 Å². The molecule has 0 bridgehead atoms. The first-order valence-corrected chi connectivity index (χ1v) is 6.06. The normalized spacial score (nSPS) is 22.3. The van der Waals surface area contributed by atoms with Crippen molar-refractivity contribution in [2.75, 3.05) is 0 Å². The smallest absolute Gasteiger partial charge is 0.186 e. The number of hydrogen-bond acceptors (Lipinski definition) is 2. The van der Waals surface area contributed by atoms with Gasteiger partial charge in [0.15, 0.2) is 16.9 Å². The second kappa shape index (κ2) is 4.04. The topological polar surface area (TPSA) is 54.4 Å². The molecule has 1 N–H and O–H groups in total. The van der Waals surface area contributed by atoms with E-state index >= 15 is 0 Å². The van der Waals surface area contributed by atoms with E-state index in [9.17, 15) is 9.00 Å². The molecule has 2 atom stereocenters. The van der Waals surface area contributed by atoms with E-state index < -0.39 is 16.5 Å². The summed E-state index contributed by atoms with van der Waals surface area (Å²) in [7, 11) is 0. The zero-order chi connectivity index (χ0) is 11.0. The van der Waals surface area contributed by atoms with Gasteiger partial charge in [-0.25, -0.2) is 4.21 Å². The van der Waals surface area contributed by atoms with Gasteiger partial charge in [0.1, 0.15) is 0 Å². The molecule has 1 aromatic carbocycles. The van der Waals surface area contributed by atoms with Crippen LogP contribution < -0.4 is 0 Å². The molecule has 5 heteroatoms. The van der Waals surface area contributed by atoms with Gasteiger partial charge >= 0.3 is 0 Å². The van der Waals surface area contributed by atoms with Gasteiger partial charge in [-0.3, -0.25) is 4.79 Å². The molecular weight excluding hydrogens is 236 g/mol. The Morgan fingerprint density at radius 3 is 2.87 bits per heavy atom. The first-order chi connectivity index (χ1) is 7.09. The number of rotatable bonds is 1. The first-order valence-electron chi connectivity index (χ1n) is 4.51. The largest absolute Gasteiger partial charge is 0.302 e. The van der Waals surface area contributed by atoms with Gasteiger partial charge in [-0.15, -0.1) is 11.6 Å². The maximum absolute atomic E-state index is 11.6. The lowest BCUT2D eigenvalue weighted by molar-refractivity contribution is 0.0976. The van der Waals surface area contributed by atoms with Crippen LogP contribution in [0.15, 0.2) is 23.1 Å². The van der Waals surface area contributed by atoms with Crippen molar-refractivity contribution >= 4 is 28.5 Å². The summed E-state index contributed by atoms with van der Waals surface area (Å²) in [5.74, 6) is -0.0896. The molecular formula is C10H9ClO3S. The van der Waals surface area contributed by atoms with Crippen molar-refractivity contribution in [2.24, 2.45) is 0 Å². The van der Waals surface area contributed by atoms with Gasteiger partial charge in [-0.2, -0.15) is 0 Å². The number of benzene rings is 1. The minimum Gasteiger partial charge on any atom is -0.302 e. The van der Waals surface area contributed by atoms with E-state index in [1.165, 1.54) is 6.07 Å². The summed E-state index contributed by atoms with van der Waals surface area (Å²) < 4.78 is 19.7. The highest BCUT2D eigenvalue weighted by atomic mass is 35.5. The molecule has 0 fully saturated rings. The SMILES string of the molecule is O=C1c2ccc(S(=O)O)cc2CCC1Cl. The van der Waals surface area contributed by atoms with E-state index in [1.54, 1.807) is 12.1 Å². The fraction of sp³-hybridized carbons (Fsp3) is 0.300. The number of ketones is 1. The van der Waals surface area contributed by atoms with Gasteiger partial charge in [0.2, 0.25) is 0 Å². The fourth-order valence-corrected chi connectivity index (χ4v) is 2.36. The number of hydrogen-bond donors (Lipinski definition) is 1. The van der Waals surface area contributed by atoms with Crippen molar-refractivity contribution in [3.8, 4) is 0 Å². The molecule has 0 saturated heterocycles. The zero-order valence-corrected chi connectivity index (χ0v) is 9.35. The van der Waals surface area contributed by atoms with Crippen LogP contribution in [-0.2, 0) is 17.5 Å². The molecule has 1 aliphatic carbocycles. The second-order valence-corrected chi connectivity index (χ2v) is 4.94. The number of alkyl halides is 1. The summed E-state index contributed by atoms with van der Waals surface area (Å²) in [6, 6.07) is 4.67. The quantitative estimate of drug-likeness (QED) is 0.607. The minimum absolute atomic E-state index is 0.0896.